The molecule has 0 aromatic heterocycles. The minimum absolute atomic E-state index is 0.0432. The Morgan fingerprint density at radius 1 is 1.53 bits per heavy atom. The van der Waals surface area contributed by atoms with Crippen LogP contribution in [-0.4, -0.2) is 64.6 Å². The maximum Gasteiger partial charge on any atom is 0.416 e. The molecule has 0 unspecified atom stereocenters. The molecule has 1 saturated heterocycles. The summed E-state index contributed by atoms with van der Waals surface area (Å²) in [6, 6.07) is -1.05. The summed E-state index contributed by atoms with van der Waals surface area (Å²) >= 11 is 1.03. The number of imide groups is 1. The summed E-state index contributed by atoms with van der Waals surface area (Å²) < 4.78 is 4.61. The maximum absolute atomic E-state index is 11.6. The molecule has 0 aliphatic carbocycles. The number of carboxylic acids is 1. The third-order valence-corrected chi connectivity index (χ3v) is 3.27. The van der Waals surface area contributed by atoms with Gasteiger partial charge in [-0.1, -0.05) is 0 Å². The van der Waals surface area contributed by atoms with E-state index in [0.29, 0.717) is 0 Å². The van der Waals surface area contributed by atoms with Gasteiger partial charge < -0.3 is 15.2 Å². The molecular formula is C10H14N2O6S. The SMILES string of the molecule is CC(=O)N[C@@H](CSCC(=O)N1CCOC1=O)C(=O)O. The Morgan fingerprint density at radius 3 is 2.68 bits per heavy atom. The number of carbonyl (C=O) groups is 4. The first-order valence-electron chi connectivity index (χ1n) is 5.46. The Bertz CT molecular complexity index is 399. The van der Waals surface area contributed by atoms with Crippen LogP contribution in [0.1, 0.15) is 6.92 Å². The maximum atomic E-state index is 11.6. The normalized spacial score (nSPS) is 15.8. The molecule has 0 spiro atoms. The van der Waals surface area contributed by atoms with Gasteiger partial charge in [-0.2, -0.15) is 0 Å². The van der Waals surface area contributed by atoms with Crippen LogP contribution in [0.4, 0.5) is 4.79 Å². The fourth-order valence-electron chi connectivity index (χ4n) is 1.38. The number of cyclic esters (lactones) is 1. The number of nitrogens with zero attached hydrogens (tertiary/aromatic N) is 1. The number of thioether (sulfide) groups is 1. The van der Waals surface area contributed by atoms with Gasteiger partial charge in [-0.3, -0.25) is 9.59 Å². The van der Waals surface area contributed by atoms with E-state index in [1.54, 1.807) is 0 Å². The second kappa shape index (κ2) is 6.98. The number of nitrogens with one attached hydrogen (secondary N) is 1. The molecule has 0 aromatic rings. The Hall–Kier alpha value is -1.77. The average Bonchev–Trinajstić information content (AvgIpc) is 2.73. The molecular weight excluding hydrogens is 276 g/mol. The van der Waals surface area contributed by atoms with Crippen LogP contribution in [0.3, 0.4) is 0 Å². The summed E-state index contributed by atoms with van der Waals surface area (Å²) in [6.07, 6.45) is -0.678. The predicted octanol–water partition coefficient (Wildman–Crippen LogP) is -0.712. The molecule has 1 fully saturated rings. The summed E-state index contributed by atoms with van der Waals surface area (Å²) in [5.41, 5.74) is 0. The lowest BCUT2D eigenvalue weighted by Gasteiger charge is -2.14. The van der Waals surface area contributed by atoms with Crippen molar-refractivity contribution in [2.24, 2.45) is 0 Å². The molecule has 1 aliphatic heterocycles. The molecule has 1 aliphatic rings. The first-order chi connectivity index (χ1) is 8.91. The Morgan fingerprint density at radius 2 is 2.21 bits per heavy atom. The molecule has 19 heavy (non-hydrogen) atoms. The van der Waals surface area contributed by atoms with Crippen molar-refractivity contribution in [3.63, 3.8) is 0 Å². The highest BCUT2D eigenvalue weighted by Gasteiger charge is 2.28. The highest BCUT2D eigenvalue weighted by molar-refractivity contribution is 8.00. The first-order valence-corrected chi connectivity index (χ1v) is 6.62. The monoisotopic (exact) mass is 290 g/mol. The molecule has 8 nitrogen and oxygen atoms in total. The largest absolute Gasteiger partial charge is 0.480 e. The first kappa shape index (κ1) is 15.3. The van der Waals surface area contributed by atoms with Crippen LogP contribution in [0.25, 0.3) is 0 Å². The number of aliphatic carboxylic acids is 1. The summed E-state index contributed by atoms with van der Waals surface area (Å²) in [7, 11) is 0. The summed E-state index contributed by atoms with van der Waals surface area (Å²) in [6.45, 7) is 1.61. The van der Waals surface area contributed by atoms with Gasteiger partial charge in [0.2, 0.25) is 11.8 Å². The van der Waals surface area contributed by atoms with Crippen molar-refractivity contribution < 1.29 is 29.0 Å². The molecule has 1 heterocycles. The third-order valence-electron chi connectivity index (χ3n) is 2.25. The molecule has 1 atom stereocenters. The molecule has 106 valence electrons. The van der Waals surface area contributed by atoms with Gasteiger partial charge in [-0.15, -0.1) is 11.8 Å². The van der Waals surface area contributed by atoms with E-state index in [2.05, 4.69) is 10.1 Å². The van der Waals surface area contributed by atoms with Gasteiger partial charge in [-0.05, 0) is 0 Å². The van der Waals surface area contributed by atoms with Crippen LogP contribution >= 0.6 is 11.8 Å². The van der Waals surface area contributed by atoms with Crippen molar-refractivity contribution in [1.29, 1.82) is 0 Å². The highest BCUT2D eigenvalue weighted by Crippen LogP contribution is 2.09. The van der Waals surface area contributed by atoms with E-state index < -0.39 is 29.9 Å². The van der Waals surface area contributed by atoms with E-state index in [9.17, 15) is 19.2 Å². The molecule has 0 saturated carbocycles. The quantitative estimate of drug-likeness (QED) is 0.664. The zero-order valence-corrected chi connectivity index (χ0v) is 11.1. The number of rotatable bonds is 6. The van der Waals surface area contributed by atoms with Crippen molar-refractivity contribution in [2.45, 2.75) is 13.0 Å². The lowest BCUT2D eigenvalue weighted by atomic mass is 10.3. The lowest BCUT2D eigenvalue weighted by molar-refractivity contribution is -0.140. The number of hydrogen-bond donors (Lipinski definition) is 2. The second-order valence-corrected chi connectivity index (χ2v) is 4.80. The minimum Gasteiger partial charge on any atom is -0.480 e. The van der Waals surface area contributed by atoms with Crippen molar-refractivity contribution in [1.82, 2.24) is 10.2 Å². The fraction of sp³-hybridized carbons (Fsp3) is 0.600. The average molecular weight is 290 g/mol. The van der Waals surface area contributed by atoms with E-state index in [1.165, 1.54) is 6.92 Å². The fourth-order valence-corrected chi connectivity index (χ4v) is 2.29. The molecule has 0 radical (unpaired) electrons. The Balaban J connectivity index is 2.35. The van der Waals surface area contributed by atoms with Crippen LogP contribution < -0.4 is 5.32 Å². The van der Waals surface area contributed by atoms with E-state index in [-0.39, 0.29) is 24.7 Å². The number of carboxylic acid groups (broad SMARTS) is 1. The number of carbonyl (C=O) groups excluding carboxylic acids is 3. The molecule has 1 rings (SSSR count). The second-order valence-electron chi connectivity index (χ2n) is 3.77. The zero-order valence-electron chi connectivity index (χ0n) is 10.2. The van der Waals surface area contributed by atoms with Gasteiger partial charge in [0.05, 0.1) is 12.3 Å². The summed E-state index contributed by atoms with van der Waals surface area (Å²) in [5.74, 6) is -2.06. The minimum atomic E-state index is -1.17. The lowest BCUT2D eigenvalue weighted by Crippen LogP contribution is -2.42. The zero-order chi connectivity index (χ0) is 14.4. The van der Waals surface area contributed by atoms with Crippen LogP contribution in [0.15, 0.2) is 0 Å². The van der Waals surface area contributed by atoms with Gasteiger partial charge in [0.1, 0.15) is 12.6 Å². The summed E-state index contributed by atoms with van der Waals surface area (Å²) in [5, 5.41) is 11.1. The van der Waals surface area contributed by atoms with Crippen molar-refractivity contribution in [3.8, 4) is 0 Å². The molecule has 0 aromatic carbocycles. The van der Waals surface area contributed by atoms with Crippen LogP contribution in [0.2, 0.25) is 0 Å². The van der Waals surface area contributed by atoms with Crippen LogP contribution in [0, 0.1) is 0 Å². The number of amides is 3. The Kier molecular flexibility index (Phi) is 5.61. The molecule has 0 bridgehead atoms. The van der Waals surface area contributed by atoms with Crippen molar-refractivity contribution >= 4 is 35.6 Å². The van der Waals surface area contributed by atoms with E-state index in [0.717, 1.165) is 16.7 Å². The molecule has 3 amide bonds. The predicted molar refractivity (Wildman–Crippen MR) is 65.6 cm³/mol. The number of ether oxygens (including phenoxy) is 1. The van der Waals surface area contributed by atoms with Crippen molar-refractivity contribution in [2.75, 3.05) is 24.7 Å². The van der Waals surface area contributed by atoms with Gasteiger partial charge in [0.15, 0.2) is 0 Å². The smallest absolute Gasteiger partial charge is 0.416 e. The topological polar surface area (TPSA) is 113 Å². The standard InChI is InChI=1S/C10H14N2O6S/c1-6(13)11-7(9(15)16)4-19-5-8(14)12-2-3-18-10(12)17/h7H,2-5H2,1H3,(H,11,13)(H,15,16)/t7-/m0/s1. The Labute approximate surface area is 113 Å². The van der Waals surface area contributed by atoms with E-state index >= 15 is 0 Å². The van der Waals surface area contributed by atoms with Crippen molar-refractivity contribution in [3.05, 3.63) is 0 Å². The summed E-state index contributed by atoms with van der Waals surface area (Å²) in [4.78, 5) is 45.3. The van der Waals surface area contributed by atoms with E-state index in [4.69, 9.17) is 5.11 Å². The molecule has 9 heteroatoms. The highest BCUT2D eigenvalue weighted by atomic mass is 32.2. The molecule has 2 N–H and O–H groups in total. The van der Waals surface area contributed by atoms with Gasteiger partial charge >= 0.3 is 12.1 Å². The van der Waals surface area contributed by atoms with Gasteiger partial charge in [-0.25, -0.2) is 14.5 Å². The van der Waals surface area contributed by atoms with Crippen LogP contribution in [-0.2, 0) is 19.1 Å². The number of hydrogen-bond acceptors (Lipinski definition) is 6. The van der Waals surface area contributed by atoms with Gasteiger partial charge in [0.25, 0.3) is 0 Å². The van der Waals surface area contributed by atoms with E-state index in [1.807, 2.05) is 0 Å². The van der Waals surface area contributed by atoms with Gasteiger partial charge in [0, 0.05) is 12.7 Å². The third kappa shape index (κ3) is 4.78. The van der Waals surface area contributed by atoms with Crippen LogP contribution in [0.5, 0.6) is 0 Å².